The Morgan fingerprint density at radius 3 is 2.85 bits per heavy atom. The van der Waals surface area contributed by atoms with Crippen molar-refractivity contribution in [3.63, 3.8) is 0 Å². The first-order chi connectivity index (χ1) is 13.0. The fraction of sp³-hybridized carbons (Fsp3) is 0.526. The second-order valence-corrected chi connectivity index (χ2v) is 7.88. The number of hydrogen-bond donors (Lipinski definition) is 0. The van der Waals surface area contributed by atoms with E-state index in [1.807, 2.05) is 19.1 Å². The number of hydrogen-bond acceptors (Lipinski definition) is 5. The molecule has 138 valence electrons. The van der Waals surface area contributed by atoms with Crippen LogP contribution in [0, 0.1) is 12.3 Å². The van der Waals surface area contributed by atoms with Gasteiger partial charge in [0.1, 0.15) is 7.85 Å². The van der Waals surface area contributed by atoms with Gasteiger partial charge in [0, 0.05) is 17.6 Å². The van der Waals surface area contributed by atoms with Crippen LogP contribution in [-0.2, 0) is 22.4 Å². The van der Waals surface area contributed by atoms with Crippen molar-refractivity contribution in [2.24, 2.45) is 5.41 Å². The molecular formula is C19H21BN4O3. The second kappa shape index (κ2) is 6.17. The third-order valence-electron chi connectivity index (χ3n) is 5.82. The molecule has 1 aliphatic carbocycles. The van der Waals surface area contributed by atoms with Gasteiger partial charge in [0.15, 0.2) is 12.0 Å². The van der Waals surface area contributed by atoms with Crippen molar-refractivity contribution >= 4 is 24.9 Å². The van der Waals surface area contributed by atoms with Crippen LogP contribution in [0.5, 0.6) is 0 Å². The highest BCUT2D eigenvalue weighted by atomic mass is 16.7. The predicted octanol–water partition coefficient (Wildman–Crippen LogP) is 0.736. The van der Waals surface area contributed by atoms with E-state index in [2.05, 4.69) is 10.3 Å². The Hall–Kier alpha value is -2.19. The summed E-state index contributed by atoms with van der Waals surface area (Å²) in [6.07, 6.45) is 4.45. The number of aromatic nitrogens is 3. The summed E-state index contributed by atoms with van der Waals surface area (Å²) in [5.41, 5.74) is 4.30. The Morgan fingerprint density at radius 2 is 2.11 bits per heavy atom. The van der Waals surface area contributed by atoms with Gasteiger partial charge in [0.2, 0.25) is 0 Å². The highest BCUT2D eigenvalue weighted by molar-refractivity contribution is 6.34. The van der Waals surface area contributed by atoms with E-state index in [1.54, 1.807) is 15.8 Å². The van der Waals surface area contributed by atoms with Crippen LogP contribution in [0.4, 0.5) is 5.69 Å². The topological polar surface area (TPSA) is 69.5 Å². The average molecular weight is 364 g/mol. The standard InChI is InChI=1S/C19H21BN4O3/c1-12-2-3-14(20)13-4-7-24(17(12)13)18(25)15-8-23(22-21-15)9-16-26-10-19(5-6-19)11-27-16/h2-3,8,16H,4-7,9-11H2,1H3. The third kappa shape index (κ3) is 2.97. The minimum atomic E-state index is -0.338. The quantitative estimate of drug-likeness (QED) is 0.752. The number of ether oxygens (including phenoxy) is 2. The van der Waals surface area contributed by atoms with Crippen molar-refractivity contribution in [1.29, 1.82) is 0 Å². The Kier molecular flexibility index (Phi) is 3.87. The molecule has 0 atom stereocenters. The predicted molar refractivity (Wildman–Crippen MR) is 99.3 cm³/mol. The molecule has 27 heavy (non-hydrogen) atoms. The van der Waals surface area contributed by atoms with Crippen molar-refractivity contribution in [1.82, 2.24) is 15.0 Å². The maximum Gasteiger partial charge on any atom is 0.280 e. The maximum absolute atomic E-state index is 13.0. The Morgan fingerprint density at radius 1 is 1.33 bits per heavy atom. The van der Waals surface area contributed by atoms with E-state index in [4.69, 9.17) is 17.3 Å². The van der Waals surface area contributed by atoms with Crippen molar-refractivity contribution in [3.05, 3.63) is 35.2 Å². The molecular weight excluding hydrogens is 343 g/mol. The number of carbonyl (C=O) groups is 1. The van der Waals surface area contributed by atoms with Crippen LogP contribution >= 0.6 is 0 Å². The van der Waals surface area contributed by atoms with E-state index >= 15 is 0 Å². The molecule has 3 heterocycles. The van der Waals surface area contributed by atoms with Crippen LogP contribution in [0.1, 0.15) is 34.5 Å². The van der Waals surface area contributed by atoms with Gasteiger partial charge in [-0.1, -0.05) is 22.8 Å². The Bertz CT molecular complexity index is 898. The summed E-state index contributed by atoms with van der Waals surface area (Å²) in [5, 5.41) is 8.16. The first-order valence-corrected chi connectivity index (χ1v) is 9.38. The zero-order chi connectivity index (χ0) is 18.6. The first-order valence-electron chi connectivity index (χ1n) is 9.38. The summed E-state index contributed by atoms with van der Waals surface area (Å²) in [5.74, 6) is -0.156. The zero-order valence-electron chi connectivity index (χ0n) is 15.4. The van der Waals surface area contributed by atoms with Crippen molar-refractivity contribution in [3.8, 4) is 0 Å². The second-order valence-electron chi connectivity index (χ2n) is 7.88. The molecule has 2 radical (unpaired) electrons. The maximum atomic E-state index is 13.0. The van der Waals surface area contributed by atoms with E-state index in [1.165, 1.54) is 12.8 Å². The van der Waals surface area contributed by atoms with Gasteiger partial charge in [-0.05, 0) is 37.3 Å². The fourth-order valence-electron chi connectivity index (χ4n) is 3.92. The average Bonchev–Trinajstić information content (AvgIpc) is 3.09. The molecule has 1 spiro atoms. The van der Waals surface area contributed by atoms with Gasteiger partial charge in [-0.3, -0.25) is 4.79 Å². The number of aryl methyl sites for hydroxylation is 1. The van der Waals surface area contributed by atoms with E-state index < -0.39 is 0 Å². The summed E-state index contributed by atoms with van der Waals surface area (Å²) in [6, 6.07) is 3.84. The molecule has 1 aromatic heterocycles. The highest BCUT2D eigenvalue weighted by Gasteiger charge is 2.47. The van der Waals surface area contributed by atoms with Crippen LogP contribution in [-0.4, -0.2) is 54.8 Å². The molecule has 2 aromatic rings. The van der Waals surface area contributed by atoms with Gasteiger partial charge >= 0.3 is 0 Å². The number of benzene rings is 1. The van der Waals surface area contributed by atoms with Gasteiger partial charge < -0.3 is 14.4 Å². The summed E-state index contributed by atoms with van der Waals surface area (Å²) in [7, 11) is 6.08. The van der Waals surface area contributed by atoms with Gasteiger partial charge in [-0.25, -0.2) is 4.68 Å². The SMILES string of the molecule is [B]c1ccc(C)c2c1CCN2C(=O)c1cn(CC2OCC3(CC3)CO2)nn1. The number of anilines is 1. The van der Waals surface area contributed by atoms with Crippen molar-refractivity contribution in [2.45, 2.75) is 39.0 Å². The third-order valence-corrected chi connectivity index (χ3v) is 5.82. The largest absolute Gasteiger partial charge is 0.350 e. The van der Waals surface area contributed by atoms with E-state index in [9.17, 15) is 4.79 Å². The molecule has 7 nitrogen and oxygen atoms in total. The Balaban J connectivity index is 1.29. The van der Waals surface area contributed by atoms with Crippen LogP contribution in [0.3, 0.4) is 0 Å². The van der Waals surface area contributed by atoms with Crippen molar-refractivity contribution in [2.75, 3.05) is 24.7 Å². The van der Waals surface area contributed by atoms with Crippen LogP contribution in [0.15, 0.2) is 18.3 Å². The van der Waals surface area contributed by atoms with Crippen LogP contribution < -0.4 is 10.4 Å². The minimum Gasteiger partial charge on any atom is -0.350 e. The normalized spacial score (nSPS) is 20.9. The van der Waals surface area contributed by atoms with Crippen LogP contribution in [0.25, 0.3) is 0 Å². The van der Waals surface area contributed by atoms with Crippen LogP contribution in [0.2, 0.25) is 0 Å². The smallest absolute Gasteiger partial charge is 0.280 e. The molecule has 8 heteroatoms. The Labute approximate surface area is 159 Å². The molecule has 0 N–H and O–H groups in total. The van der Waals surface area contributed by atoms with E-state index in [0.29, 0.717) is 18.8 Å². The number of amides is 1. The van der Waals surface area contributed by atoms with Gasteiger partial charge in [0.25, 0.3) is 5.91 Å². The lowest BCUT2D eigenvalue weighted by Crippen LogP contribution is -2.36. The number of rotatable bonds is 3. The summed E-state index contributed by atoms with van der Waals surface area (Å²) in [6.45, 7) is 4.50. The minimum absolute atomic E-state index is 0.156. The van der Waals surface area contributed by atoms with Gasteiger partial charge in [-0.2, -0.15) is 0 Å². The molecule has 1 saturated carbocycles. The molecule has 2 aliphatic heterocycles. The summed E-state index contributed by atoms with van der Waals surface area (Å²) < 4.78 is 13.2. The molecule has 0 unspecified atom stereocenters. The van der Waals surface area contributed by atoms with E-state index in [0.717, 1.165) is 41.9 Å². The molecule has 5 rings (SSSR count). The van der Waals surface area contributed by atoms with E-state index in [-0.39, 0.29) is 17.6 Å². The molecule has 1 saturated heterocycles. The summed E-state index contributed by atoms with van der Waals surface area (Å²) in [4.78, 5) is 14.7. The molecule has 3 aliphatic rings. The molecule has 0 bridgehead atoms. The number of carbonyl (C=O) groups excluding carboxylic acids is 1. The van der Waals surface area contributed by atoms with Gasteiger partial charge in [0.05, 0.1) is 26.0 Å². The first kappa shape index (κ1) is 17.0. The monoisotopic (exact) mass is 364 g/mol. The highest BCUT2D eigenvalue weighted by Crippen LogP contribution is 2.48. The lowest BCUT2D eigenvalue weighted by Gasteiger charge is -2.29. The molecule has 1 amide bonds. The number of nitrogens with zero attached hydrogens (tertiary/aromatic N) is 4. The van der Waals surface area contributed by atoms with Crippen molar-refractivity contribution < 1.29 is 14.3 Å². The molecule has 2 fully saturated rings. The van der Waals surface area contributed by atoms with Gasteiger partial charge in [-0.15, -0.1) is 5.10 Å². The number of fused-ring (bicyclic) bond motifs is 1. The zero-order valence-corrected chi connectivity index (χ0v) is 15.4. The fourth-order valence-corrected chi connectivity index (χ4v) is 3.92. The summed E-state index contributed by atoms with van der Waals surface area (Å²) >= 11 is 0. The molecule has 1 aromatic carbocycles. The lowest BCUT2D eigenvalue weighted by molar-refractivity contribution is -0.213. The lowest BCUT2D eigenvalue weighted by atomic mass is 9.88.